The highest BCUT2D eigenvalue weighted by Crippen LogP contribution is 2.10. The van der Waals surface area contributed by atoms with Gasteiger partial charge in [-0.2, -0.15) is 5.10 Å². The van der Waals surface area contributed by atoms with Gasteiger partial charge >= 0.3 is 0 Å². The maximum absolute atomic E-state index is 4.59. The molecule has 0 radical (unpaired) electrons. The van der Waals surface area contributed by atoms with E-state index in [2.05, 4.69) is 34.1 Å². The van der Waals surface area contributed by atoms with Crippen molar-refractivity contribution in [1.82, 2.24) is 25.0 Å². The van der Waals surface area contributed by atoms with Crippen LogP contribution in [0.5, 0.6) is 0 Å². The summed E-state index contributed by atoms with van der Waals surface area (Å²) in [6, 6.07) is 0. The van der Waals surface area contributed by atoms with E-state index in [1.807, 2.05) is 11.7 Å². The van der Waals surface area contributed by atoms with E-state index in [4.69, 9.17) is 0 Å². The van der Waals surface area contributed by atoms with Crippen LogP contribution in [0.3, 0.4) is 0 Å². The first-order valence-electron chi connectivity index (χ1n) is 5.99. The Morgan fingerprint density at radius 3 is 2.56 bits per heavy atom. The van der Waals surface area contributed by atoms with E-state index in [1.54, 1.807) is 0 Å². The molecule has 16 heavy (non-hydrogen) atoms. The molecule has 0 atom stereocenters. The Kier molecular flexibility index (Phi) is 3.56. The Hall–Kier alpha value is -0.940. The fourth-order valence-electron chi connectivity index (χ4n) is 1.89. The van der Waals surface area contributed by atoms with Crippen LogP contribution in [0.25, 0.3) is 0 Å². The monoisotopic (exact) mass is 223 g/mol. The summed E-state index contributed by atoms with van der Waals surface area (Å²) < 4.78 is 1.91. The lowest BCUT2D eigenvalue weighted by atomic mass is 10.2. The number of aromatic nitrogens is 3. The fraction of sp³-hybridized carbons (Fsp3) is 0.818. The van der Waals surface area contributed by atoms with Crippen LogP contribution in [0, 0.1) is 0 Å². The van der Waals surface area contributed by atoms with Crippen molar-refractivity contribution in [2.75, 3.05) is 26.2 Å². The summed E-state index contributed by atoms with van der Waals surface area (Å²) in [6.07, 6.45) is 0. The van der Waals surface area contributed by atoms with E-state index >= 15 is 0 Å². The van der Waals surface area contributed by atoms with Gasteiger partial charge in [0.15, 0.2) is 5.82 Å². The molecule has 1 aromatic heterocycles. The number of hydrogen-bond donors (Lipinski definition) is 1. The van der Waals surface area contributed by atoms with E-state index in [0.29, 0.717) is 5.92 Å². The fourth-order valence-corrected chi connectivity index (χ4v) is 1.89. The third-order valence-corrected chi connectivity index (χ3v) is 2.96. The quantitative estimate of drug-likeness (QED) is 0.803. The van der Waals surface area contributed by atoms with Crippen molar-refractivity contribution in [3.63, 3.8) is 0 Å². The Morgan fingerprint density at radius 2 is 2.00 bits per heavy atom. The molecule has 2 rings (SSSR count). The number of hydrogen-bond acceptors (Lipinski definition) is 4. The average molecular weight is 223 g/mol. The molecule has 1 aliphatic heterocycles. The Labute approximate surface area is 96.8 Å². The van der Waals surface area contributed by atoms with Crippen LogP contribution in [0.1, 0.15) is 31.4 Å². The van der Waals surface area contributed by atoms with Crippen LogP contribution in [-0.2, 0) is 13.6 Å². The van der Waals surface area contributed by atoms with Crippen molar-refractivity contribution < 1.29 is 0 Å². The predicted octanol–water partition coefficient (Wildman–Crippen LogP) is 0.344. The lowest BCUT2D eigenvalue weighted by Crippen LogP contribution is -2.43. The molecular formula is C11H21N5. The molecular weight excluding hydrogens is 202 g/mol. The van der Waals surface area contributed by atoms with Crippen LogP contribution in [0.2, 0.25) is 0 Å². The minimum Gasteiger partial charge on any atom is -0.314 e. The van der Waals surface area contributed by atoms with E-state index in [-0.39, 0.29) is 0 Å². The number of rotatable bonds is 3. The first kappa shape index (κ1) is 11.5. The van der Waals surface area contributed by atoms with E-state index < -0.39 is 0 Å². The highest BCUT2D eigenvalue weighted by atomic mass is 15.4. The maximum atomic E-state index is 4.59. The Bertz CT molecular complexity index is 338. The molecule has 1 fully saturated rings. The highest BCUT2D eigenvalue weighted by Gasteiger charge is 2.15. The summed E-state index contributed by atoms with van der Waals surface area (Å²) in [5, 5.41) is 7.79. The van der Waals surface area contributed by atoms with E-state index in [9.17, 15) is 0 Å². The summed E-state index contributed by atoms with van der Waals surface area (Å²) in [4.78, 5) is 7.01. The molecule has 0 amide bonds. The minimum atomic E-state index is 0.406. The molecule has 90 valence electrons. The standard InChI is InChI=1S/C11H21N5/c1-9(2)11-13-10(15(3)14-11)8-16-6-4-12-5-7-16/h9,12H,4-8H2,1-3H3. The van der Waals surface area contributed by atoms with Gasteiger partial charge in [0.25, 0.3) is 0 Å². The molecule has 1 N–H and O–H groups in total. The van der Waals surface area contributed by atoms with Crippen LogP contribution in [-0.4, -0.2) is 45.8 Å². The van der Waals surface area contributed by atoms with Gasteiger partial charge < -0.3 is 5.32 Å². The van der Waals surface area contributed by atoms with Crippen LogP contribution in [0.15, 0.2) is 0 Å². The summed E-state index contributed by atoms with van der Waals surface area (Å²) >= 11 is 0. The SMILES string of the molecule is CC(C)c1nc(CN2CCNCC2)n(C)n1. The second kappa shape index (κ2) is 4.93. The summed E-state index contributed by atoms with van der Waals surface area (Å²) in [6.45, 7) is 9.53. The largest absolute Gasteiger partial charge is 0.314 e. The van der Waals surface area contributed by atoms with Gasteiger partial charge in [-0.1, -0.05) is 13.8 Å². The molecule has 0 aliphatic carbocycles. The van der Waals surface area contributed by atoms with Crippen LogP contribution >= 0.6 is 0 Å². The van der Waals surface area contributed by atoms with Crippen molar-refractivity contribution in [1.29, 1.82) is 0 Å². The molecule has 0 spiro atoms. The highest BCUT2D eigenvalue weighted by molar-refractivity contribution is 4.97. The lowest BCUT2D eigenvalue weighted by Gasteiger charge is -2.26. The maximum Gasteiger partial charge on any atom is 0.153 e. The molecule has 0 bridgehead atoms. The predicted molar refractivity (Wildman–Crippen MR) is 63.2 cm³/mol. The number of aryl methyl sites for hydroxylation is 1. The third-order valence-electron chi connectivity index (χ3n) is 2.96. The summed E-state index contributed by atoms with van der Waals surface area (Å²) in [5.41, 5.74) is 0. The van der Waals surface area contributed by atoms with Crippen LogP contribution in [0.4, 0.5) is 0 Å². The van der Waals surface area contributed by atoms with E-state index in [1.165, 1.54) is 0 Å². The molecule has 5 heteroatoms. The van der Waals surface area contributed by atoms with E-state index in [0.717, 1.165) is 44.4 Å². The van der Waals surface area contributed by atoms with Gasteiger partial charge in [0.05, 0.1) is 6.54 Å². The zero-order chi connectivity index (χ0) is 11.5. The van der Waals surface area contributed by atoms with Gasteiger partial charge in [0.1, 0.15) is 5.82 Å². The second-order valence-electron chi connectivity index (χ2n) is 4.69. The van der Waals surface area contributed by atoms with Gasteiger partial charge in [-0.3, -0.25) is 9.58 Å². The van der Waals surface area contributed by atoms with Crippen molar-refractivity contribution in [3.8, 4) is 0 Å². The number of nitrogens with zero attached hydrogens (tertiary/aromatic N) is 4. The summed E-state index contributed by atoms with van der Waals surface area (Å²) in [7, 11) is 1.98. The Balaban J connectivity index is 2.02. The van der Waals surface area contributed by atoms with Crippen molar-refractivity contribution >= 4 is 0 Å². The van der Waals surface area contributed by atoms with Gasteiger partial charge in [-0.25, -0.2) is 4.98 Å². The second-order valence-corrected chi connectivity index (χ2v) is 4.69. The van der Waals surface area contributed by atoms with Gasteiger partial charge in [-0.05, 0) is 0 Å². The molecule has 2 heterocycles. The van der Waals surface area contributed by atoms with Crippen molar-refractivity contribution in [2.24, 2.45) is 7.05 Å². The van der Waals surface area contributed by atoms with Gasteiger partial charge in [0.2, 0.25) is 0 Å². The third kappa shape index (κ3) is 2.59. The number of piperazine rings is 1. The van der Waals surface area contributed by atoms with Crippen molar-refractivity contribution in [2.45, 2.75) is 26.3 Å². The topological polar surface area (TPSA) is 46.0 Å². The molecule has 0 saturated carbocycles. The summed E-state index contributed by atoms with van der Waals surface area (Å²) in [5.74, 6) is 2.43. The minimum absolute atomic E-state index is 0.406. The van der Waals surface area contributed by atoms with Gasteiger partial charge in [-0.15, -0.1) is 0 Å². The van der Waals surface area contributed by atoms with Crippen LogP contribution < -0.4 is 5.32 Å². The zero-order valence-electron chi connectivity index (χ0n) is 10.4. The molecule has 0 unspecified atom stereocenters. The molecule has 1 saturated heterocycles. The normalized spacial score (nSPS) is 18.2. The Morgan fingerprint density at radius 1 is 1.31 bits per heavy atom. The van der Waals surface area contributed by atoms with Crippen molar-refractivity contribution in [3.05, 3.63) is 11.6 Å². The van der Waals surface area contributed by atoms with Gasteiger partial charge in [0, 0.05) is 39.1 Å². The molecule has 1 aromatic rings. The molecule has 5 nitrogen and oxygen atoms in total. The zero-order valence-corrected chi connectivity index (χ0v) is 10.4. The number of nitrogens with one attached hydrogen (secondary N) is 1. The molecule has 0 aromatic carbocycles. The smallest absolute Gasteiger partial charge is 0.153 e. The average Bonchev–Trinajstić information content (AvgIpc) is 2.62. The first-order chi connectivity index (χ1) is 7.66. The first-order valence-corrected chi connectivity index (χ1v) is 5.99. The molecule has 1 aliphatic rings. The lowest BCUT2D eigenvalue weighted by molar-refractivity contribution is 0.225.